The van der Waals surface area contributed by atoms with Gasteiger partial charge in [-0.3, -0.25) is 0 Å². The molecule has 13 heavy (non-hydrogen) atoms. The first kappa shape index (κ1) is 10.1. The van der Waals surface area contributed by atoms with Gasteiger partial charge in [0.05, 0.1) is 11.5 Å². The van der Waals surface area contributed by atoms with Gasteiger partial charge in [-0.1, -0.05) is 19.3 Å². The molecule has 0 aromatic rings. The zero-order chi connectivity index (χ0) is 9.95. The molecule has 1 rings (SSSR count). The Morgan fingerprint density at radius 3 is 2.46 bits per heavy atom. The van der Waals surface area contributed by atoms with E-state index >= 15 is 0 Å². The van der Waals surface area contributed by atoms with Gasteiger partial charge in [0.2, 0.25) is 0 Å². The van der Waals surface area contributed by atoms with E-state index in [4.69, 9.17) is 16.4 Å². The lowest BCUT2D eigenvalue weighted by atomic mass is 9.82. The van der Waals surface area contributed by atoms with Crippen LogP contribution in [0.1, 0.15) is 32.6 Å². The standard InChI is InChI=1S/C11H15NO/c1-4-6-11(5-2,13-3)10(9-12)7-8-10/h2H,4,6-8H2,1,3H3/t11-/m0/s1. The van der Waals surface area contributed by atoms with Crippen molar-refractivity contribution < 1.29 is 4.74 Å². The Morgan fingerprint density at radius 1 is 1.62 bits per heavy atom. The Labute approximate surface area is 79.9 Å². The average molecular weight is 177 g/mol. The minimum Gasteiger partial charge on any atom is -0.364 e. The van der Waals surface area contributed by atoms with Crippen LogP contribution in [0.15, 0.2) is 0 Å². The third-order valence-electron chi connectivity index (χ3n) is 2.92. The minimum absolute atomic E-state index is 0.396. The average Bonchev–Trinajstić information content (AvgIpc) is 2.95. The summed E-state index contributed by atoms with van der Waals surface area (Å²) < 4.78 is 5.39. The van der Waals surface area contributed by atoms with Crippen LogP contribution in [0.3, 0.4) is 0 Å². The monoisotopic (exact) mass is 177 g/mol. The Hall–Kier alpha value is -0.990. The fraction of sp³-hybridized carbons (Fsp3) is 0.727. The highest BCUT2D eigenvalue weighted by atomic mass is 16.5. The molecule has 1 aliphatic carbocycles. The third-order valence-corrected chi connectivity index (χ3v) is 2.92. The molecule has 1 atom stereocenters. The predicted molar refractivity (Wildman–Crippen MR) is 50.8 cm³/mol. The Balaban J connectivity index is 2.92. The zero-order valence-corrected chi connectivity index (χ0v) is 8.26. The van der Waals surface area contributed by atoms with Gasteiger partial charge in [-0.25, -0.2) is 0 Å². The van der Waals surface area contributed by atoms with Gasteiger partial charge in [-0.2, -0.15) is 5.26 Å². The van der Waals surface area contributed by atoms with E-state index in [-0.39, 0.29) is 0 Å². The van der Waals surface area contributed by atoms with Crippen molar-refractivity contribution >= 4 is 0 Å². The lowest BCUT2D eigenvalue weighted by Gasteiger charge is -2.31. The Kier molecular flexibility index (Phi) is 2.64. The maximum atomic E-state index is 9.06. The highest BCUT2D eigenvalue weighted by Gasteiger charge is 2.59. The van der Waals surface area contributed by atoms with E-state index in [2.05, 4.69) is 18.9 Å². The van der Waals surface area contributed by atoms with E-state index in [9.17, 15) is 0 Å². The van der Waals surface area contributed by atoms with Crippen molar-refractivity contribution in [3.63, 3.8) is 0 Å². The van der Waals surface area contributed by atoms with E-state index < -0.39 is 11.0 Å². The van der Waals surface area contributed by atoms with Crippen LogP contribution >= 0.6 is 0 Å². The zero-order valence-electron chi connectivity index (χ0n) is 8.26. The third kappa shape index (κ3) is 1.32. The highest BCUT2D eigenvalue weighted by Crippen LogP contribution is 2.56. The fourth-order valence-corrected chi connectivity index (χ4v) is 1.89. The largest absolute Gasteiger partial charge is 0.364 e. The summed E-state index contributed by atoms with van der Waals surface area (Å²) in [5, 5.41) is 9.06. The van der Waals surface area contributed by atoms with Gasteiger partial charge in [0.1, 0.15) is 5.60 Å². The molecule has 0 aliphatic heterocycles. The summed E-state index contributed by atoms with van der Waals surface area (Å²) >= 11 is 0. The van der Waals surface area contributed by atoms with E-state index in [0.717, 1.165) is 25.7 Å². The van der Waals surface area contributed by atoms with Crippen LogP contribution < -0.4 is 0 Å². The smallest absolute Gasteiger partial charge is 0.146 e. The van der Waals surface area contributed by atoms with Gasteiger partial charge in [0, 0.05) is 7.11 Å². The van der Waals surface area contributed by atoms with Crippen molar-refractivity contribution in [2.75, 3.05) is 7.11 Å². The van der Waals surface area contributed by atoms with Crippen LogP contribution in [0.4, 0.5) is 0 Å². The molecule has 2 nitrogen and oxygen atoms in total. The SMILES string of the molecule is C#C[C@@](CCC)(OC)C1(C#N)CC1. The number of methoxy groups -OCH3 is 1. The van der Waals surface area contributed by atoms with Crippen LogP contribution in [0, 0.1) is 29.1 Å². The molecule has 0 spiro atoms. The quantitative estimate of drug-likeness (QED) is 0.616. The summed E-state index contributed by atoms with van der Waals surface area (Å²) in [6.45, 7) is 2.05. The summed E-state index contributed by atoms with van der Waals surface area (Å²) in [6.07, 6.45) is 8.95. The summed E-state index contributed by atoms with van der Waals surface area (Å²) in [7, 11) is 1.60. The second-order valence-corrected chi connectivity index (χ2v) is 3.62. The Bertz CT molecular complexity index is 267. The lowest BCUT2D eigenvalue weighted by Crippen LogP contribution is -2.39. The molecule has 70 valence electrons. The van der Waals surface area contributed by atoms with Gasteiger partial charge < -0.3 is 4.74 Å². The van der Waals surface area contributed by atoms with Gasteiger partial charge >= 0.3 is 0 Å². The van der Waals surface area contributed by atoms with Crippen molar-refractivity contribution in [3.8, 4) is 18.4 Å². The van der Waals surface area contributed by atoms with Crippen molar-refractivity contribution in [1.29, 1.82) is 5.26 Å². The molecular formula is C11H15NO. The first-order valence-electron chi connectivity index (χ1n) is 4.64. The lowest BCUT2D eigenvalue weighted by molar-refractivity contribution is -0.00872. The van der Waals surface area contributed by atoms with E-state index in [1.54, 1.807) is 7.11 Å². The summed E-state index contributed by atoms with van der Waals surface area (Å²) in [5.74, 6) is 2.68. The molecule has 0 aromatic heterocycles. The molecule has 1 fully saturated rings. The molecule has 0 aromatic carbocycles. The maximum Gasteiger partial charge on any atom is 0.146 e. The summed E-state index contributed by atoms with van der Waals surface area (Å²) in [4.78, 5) is 0. The predicted octanol–water partition coefficient (Wildman–Crippen LogP) is 2.11. The number of nitriles is 1. The number of terminal acetylenes is 1. The van der Waals surface area contributed by atoms with Crippen molar-refractivity contribution in [1.82, 2.24) is 0 Å². The van der Waals surface area contributed by atoms with Crippen LogP contribution in [-0.2, 0) is 4.74 Å². The molecular weight excluding hydrogens is 162 g/mol. The van der Waals surface area contributed by atoms with Crippen molar-refractivity contribution in [2.45, 2.75) is 38.2 Å². The Morgan fingerprint density at radius 2 is 2.23 bits per heavy atom. The molecule has 0 bridgehead atoms. The molecule has 2 heteroatoms. The molecule has 1 saturated carbocycles. The molecule has 0 saturated heterocycles. The van der Waals surface area contributed by atoms with Gasteiger partial charge in [0.25, 0.3) is 0 Å². The van der Waals surface area contributed by atoms with Gasteiger partial charge in [0.15, 0.2) is 0 Å². The topological polar surface area (TPSA) is 33.0 Å². The maximum absolute atomic E-state index is 9.06. The van der Waals surface area contributed by atoms with E-state index in [1.165, 1.54) is 0 Å². The summed E-state index contributed by atoms with van der Waals surface area (Å²) in [6, 6.07) is 2.31. The number of rotatable bonds is 4. The molecule has 0 unspecified atom stereocenters. The molecule has 0 amide bonds. The van der Waals surface area contributed by atoms with Gasteiger partial charge in [-0.15, -0.1) is 6.42 Å². The van der Waals surface area contributed by atoms with Crippen LogP contribution in [0.5, 0.6) is 0 Å². The number of hydrogen-bond donors (Lipinski definition) is 0. The normalized spacial score (nSPS) is 22.5. The van der Waals surface area contributed by atoms with E-state index in [0.29, 0.717) is 0 Å². The molecule has 0 N–H and O–H groups in total. The number of hydrogen-bond acceptors (Lipinski definition) is 2. The minimum atomic E-state index is -0.642. The molecule has 0 radical (unpaired) electrons. The van der Waals surface area contributed by atoms with E-state index in [1.807, 2.05) is 0 Å². The second kappa shape index (κ2) is 3.40. The molecule has 0 heterocycles. The number of ether oxygens (including phenoxy) is 1. The van der Waals surface area contributed by atoms with Crippen LogP contribution in [0.25, 0.3) is 0 Å². The fourth-order valence-electron chi connectivity index (χ4n) is 1.89. The second-order valence-electron chi connectivity index (χ2n) is 3.62. The van der Waals surface area contributed by atoms with Crippen molar-refractivity contribution in [2.24, 2.45) is 5.41 Å². The first-order valence-corrected chi connectivity index (χ1v) is 4.64. The number of nitrogens with zero attached hydrogens (tertiary/aromatic N) is 1. The van der Waals surface area contributed by atoms with Crippen molar-refractivity contribution in [3.05, 3.63) is 0 Å². The van der Waals surface area contributed by atoms with Crippen LogP contribution in [0.2, 0.25) is 0 Å². The van der Waals surface area contributed by atoms with Gasteiger partial charge in [-0.05, 0) is 19.3 Å². The highest BCUT2D eigenvalue weighted by molar-refractivity contribution is 5.30. The molecule has 1 aliphatic rings. The van der Waals surface area contributed by atoms with Crippen LogP contribution in [-0.4, -0.2) is 12.7 Å². The first-order chi connectivity index (χ1) is 6.20. The summed E-state index contributed by atoms with van der Waals surface area (Å²) in [5.41, 5.74) is -1.04.